The number of benzene rings is 1. The molecule has 1 amide bonds. The molecule has 0 aromatic heterocycles. The summed E-state index contributed by atoms with van der Waals surface area (Å²) in [4.78, 5) is 27.6. The molecule has 0 saturated carbocycles. The Balaban J connectivity index is 2.10. The number of piperazine rings is 1. The Kier molecular flexibility index (Phi) is 5.97. The van der Waals surface area contributed by atoms with Crippen LogP contribution in [0.5, 0.6) is 5.75 Å². The lowest BCUT2D eigenvalue weighted by Gasteiger charge is -2.31. The van der Waals surface area contributed by atoms with Gasteiger partial charge in [-0.05, 0) is 25.2 Å². The van der Waals surface area contributed by atoms with Gasteiger partial charge in [0, 0.05) is 40.0 Å². The van der Waals surface area contributed by atoms with Gasteiger partial charge in [-0.2, -0.15) is 4.39 Å². The Morgan fingerprint density at radius 2 is 1.92 bits per heavy atom. The fourth-order valence-corrected chi connectivity index (χ4v) is 2.51. The smallest absolute Gasteiger partial charge is 0.335 e. The van der Waals surface area contributed by atoms with Gasteiger partial charge in [-0.25, -0.2) is 4.79 Å². The molecule has 138 valence electrons. The van der Waals surface area contributed by atoms with E-state index in [1.54, 1.807) is 0 Å². The van der Waals surface area contributed by atoms with Crippen LogP contribution in [0.4, 0.5) is 10.1 Å². The molecule has 2 rings (SSSR count). The van der Waals surface area contributed by atoms with Gasteiger partial charge in [-0.1, -0.05) is 0 Å². The van der Waals surface area contributed by atoms with Gasteiger partial charge in [0.2, 0.25) is 11.8 Å². The number of nitrogens with one attached hydrogen (secondary N) is 1. The van der Waals surface area contributed by atoms with E-state index in [9.17, 15) is 14.0 Å². The number of alkyl halides is 1. The van der Waals surface area contributed by atoms with E-state index in [0.29, 0.717) is 0 Å². The van der Waals surface area contributed by atoms with Crippen molar-refractivity contribution in [1.82, 2.24) is 9.80 Å². The lowest BCUT2D eigenvalue weighted by atomic mass is 10.2. The van der Waals surface area contributed by atoms with Crippen LogP contribution in [0.2, 0.25) is 0 Å². The van der Waals surface area contributed by atoms with Gasteiger partial charge in [0.1, 0.15) is 5.75 Å². The number of halogens is 1. The molecule has 0 spiro atoms. The average molecular weight is 353 g/mol. The van der Waals surface area contributed by atoms with Crippen LogP contribution in [-0.2, 0) is 4.79 Å². The number of amides is 1. The zero-order valence-electron chi connectivity index (χ0n) is 14.7. The van der Waals surface area contributed by atoms with Crippen molar-refractivity contribution in [3.05, 3.63) is 23.8 Å². The Morgan fingerprint density at radius 1 is 1.28 bits per heavy atom. The number of likely N-dealkylation sites (N-methyl/N-ethyl adjacent to an activating group) is 1. The Labute approximate surface area is 146 Å². The number of carboxylic acids is 1. The first-order chi connectivity index (χ1) is 11.6. The van der Waals surface area contributed by atoms with Crippen LogP contribution in [0, 0.1) is 0 Å². The van der Waals surface area contributed by atoms with Crippen LogP contribution < -0.4 is 10.1 Å². The third-order valence-electron chi connectivity index (χ3n) is 3.82. The largest absolute Gasteiger partial charge is 0.478 e. The SMILES string of the molecule is CN1CCN(CC(=O)Nc2cc(C(=O)O)ccc2OC(C)(C)F)CC1. The second kappa shape index (κ2) is 7.79. The molecule has 0 atom stereocenters. The number of hydrogen-bond donors (Lipinski definition) is 2. The second-order valence-corrected chi connectivity index (χ2v) is 6.61. The van der Waals surface area contributed by atoms with Gasteiger partial charge in [0.25, 0.3) is 0 Å². The lowest BCUT2D eigenvalue weighted by Crippen LogP contribution is -2.47. The molecular formula is C17H24FN3O4. The van der Waals surface area contributed by atoms with Crippen molar-refractivity contribution < 1.29 is 23.8 Å². The molecule has 0 unspecified atom stereocenters. The number of carbonyl (C=O) groups excluding carboxylic acids is 1. The monoisotopic (exact) mass is 353 g/mol. The van der Waals surface area contributed by atoms with Crippen molar-refractivity contribution >= 4 is 17.6 Å². The molecule has 0 bridgehead atoms. The summed E-state index contributed by atoms with van der Waals surface area (Å²) in [5.41, 5.74) is 0.128. The number of nitrogens with zero attached hydrogens (tertiary/aromatic N) is 2. The first-order valence-electron chi connectivity index (χ1n) is 8.10. The lowest BCUT2D eigenvalue weighted by molar-refractivity contribution is -0.117. The van der Waals surface area contributed by atoms with Crippen molar-refractivity contribution in [1.29, 1.82) is 0 Å². The molecule has 1 heterocycles. The zero-order chi connectivity index (χ0) is 18.6. The molecule has 0 aliphatic carbocycles. The van der Waals surface area contributed by atoms with Crippen molar-refractivity contribution in [2.75, 3.05) is 45.1 Å². The van der Waals surface area contributed by atoms with E-state index in [0.717, 1.165) is 26.2 Å². The standard InChI is InChI=1S/C17H24FN3O4/c1-17(2,18)25-14-5-4-12(16(23)24)10-13(14)19-15(22)11-21-8-6-20(3)7-9-21/h4-5,10H,6-9,11H2,1-3H3,(H,19,22)(H,23,24). The molecule has 1 saturated heterocycles. The highest BCUT2D eigenvalue weighted by molar-refractivity contribution is 5.96. The third-order valence-corrected chi connectivity index (χ3v) is 3.82. The number of carbonyl (C=O) groups is 2. The summed E-state index contributed by atoms with van der Waals surface area (Å²) >= 11 is 0. The number of anilines is 1. The van der Waals surface area contributed by atoms with E-state index in [1.807, 2.05) is 11.9 Å². The predicted molar refractivity (Wildman–Crippen MR) is 91.8 cm³/mol. The number of ether oxygens (including phenoxy) is 1. The second-order valence-electron chi connectivity index (χ2n) is 6.61. The maximum absolute atomic E-state index is 13.8. The minimum absolute atomic E-state index is 0.0149. The van der Waals surface area contributed by atoms with Crippen LogP contribution >= 0.6 is 0 Å². The van der Waals surface area contributed by atoms with Crippen molar-refractivity contribution in [3.63, 3.8) is 0 Å². The molecule has 1 aromatic rings. The fourth-order valence-electron chi connectivity index (χ4n) is 2.51. The topological polar surface area (TPSA) is 82.1 Å². The maximum atomic E-state index is 13.8. The summed E-state index contributed by atoms with van der Waals surface area (Å²) < 4.78 is 19.0. The summed E-state index contributed by atoms with van der Waals surface area (Å²) in [6, 6.07) is 3.92. The number of carboxylic acid groups (broad SMARTS) is 1. The molecule has 2 N–H and O–H groups in total. The molecule has 1 aliphatic heterocycles. The Hall–Kier alpha value is -2.19. The van der Waals surface area contributed by atoms with Crippen LogP contribution in [0.15, 0.2) is 18.2 Å². The minimum atomic E-state index is -1.96. The molecule has 8 heteroatoms. The number of hydrogen-bond acceptors (Lipinski definition) is 5. The van der Waals surface area contributed by atoms with Gasteiger partial charge >= 0.3 is 5.97 Å². The van der Waals surface area contributed by atoms with E-state index >= 15 is 0 Å². The van der Waals surface area contributed by atoms with Crippen molar-refractivity contribution in [2.45, 2.75) is 19.7 Å². The summed E-state index contributed by atoms with van der Waals surface area (Å²) in [5, 5.41) is 11.7. The van der Waals surface area contributed by atoms with E-state index < -0.39 is 11.8 Å². The number of rotatable bonds is 6. The highest BCUT2D eigenvalue weighted by atomic mass is 19.2. The van der Waals surface area contributed by atoms with Gasteiger partial charge in [0.05, 0.1) is 17.8 Å². The zero-order valence-corrected chi connectivity index (χ0v) is 14.7. The molecular weight excluding hydrogens is 329 g/mol. The molecule has 1 aliphatic rings. The molecule has 0 radical (unpaired) electrons. The van der Waals surface area contributed by atoms with Crippen molar-refractivity contribution in [3.8, 4) is 5.75 Å². The van der Waals surface area contributed by atoms with Gasteiger partial charge in [-0.3, -0.25) is 9.69 Å². The van der Waals surface area contributed by atoms with Crippen LogP contribution in [0.3, 0.4) is 0 Å². The molecule has 1 fully saturated rings. The van der Waals surface area contributed by atoms with E-state index in [2.05, 4.69) is 10.2 Å². The van der Waals surface area contributed by atoms with Crippen LogP contribution in [0.1, 0.15) is 24.2 Å². The maximum Gasteiger partial charge on any atom is 0.335 e. The predicted octanol–water partition coefficient (Wildman–Crippen LogP) is 1.66. The van der Waals surface area contributed by atoms with E-state index in [1.165, 1.54) is 32.0 Å². The Bertz CT molecular complexity index is 637. The molecule has 7 nitrogen and oxygen atoms in total. The minimum Gasteiger partial charge on any atom is -0.478 e. The summed E-state index contributed by atoms with van der Waals surface area (Å²) in [5.74, 6) is -3.31. The first kappa shape index (κ1) is 19.1. The fraction of sp³-hybridized carbons (Fsp3) is 0.529. The highest BCUT2D eigenvalue weighted by Gasteiger charge is 2.22. The van der Waals surface area contributed by atoms with Gasteiger partial charge in [-0.15, -0.1) is 0 Å². The van der Waals surface area contributed by atoms with Gasteiger partial charge in [0.15, 0.2) is 0 Å². The molecule has 25 heavy (non-hydrogen) atoms. The van der Waals surface area contributed by atoms with Gasteiger partial charge < -0.3 is 20.1 Å². The quantitative estimate of drug-likeness (QED) is 0.809. The van der Waals surface area contributed by atoms with Crippen LogP contribution in [0.25, 0.3) is 0 Å². The van der Waals surface area contributed by atoms with Crippen molar-refractivity contribution in [2.24, 2.45) is 0 Å². The third kappa shape index (κ3) is 5.99. The average Bonchev–Trinajstić information content (AvgIpc) is 2.49. The Morgan fingerprint density at radius 3 is 2.48 bits per heavy atom. The summed E-state index contributed by atoms with van der Waals surface area (Å²) in [6.45, 7) is 5.96. The summed E-state index contributed by atoms with van der Waals surface area (Å²) in [7, 11) is 2.02. The first-order valence-corrected chi connectivity index (χ1v) is 8.10. The summed E-state index contributed by atoms with van der Waals surface area (Å²) in [6.07, 6.45) is 0. The highest BCUT2D eigenvalue weighted by Crippen LogP contribution is 2.30. The molecule has 1 aromatic carbocycles. The van der Waals surface area contributed by atoms with E-state index in [4.69, 9.17) is 9.84 Å². The number of aromatic carboxylic acids is 1. The van der Waals surface area contributed by atoms with E-state index in [-0.39, 0.29) is 29.5 Å². The normalized spacial score (nSPS) is 16.5. The van der Waals surface area contributed by atoms with Crippen LogP contribution in [-0.4, -0.2) is 72.4 Å².